The Morgan fingerprint density at radius 3 is 2.06 bits per heavy atom. The average molecular weight is 791 g/mol. The molecule has 2 aliphatic rings. The number of hydrogen-bond donors (Lipinski definition) is 2. The second kappa shape index (κ2) is 8.12. The van der Waals surface area contributed by atoms with Crippen LogP contribution in [-0.4, -0.2) is 16.2 Å². The Hall–Kier alpha value is -0.270. The summed E-state index contributed by atoms with van der Waals surface area (Å²) in [4.78, 5) is 13.2. The lowest BCUT2D eigenvalue weighted by atomic mass is 9.77. The van der Waals surface area contributed by atoms with Gasteiger partial charge >= 0.3 is 5.97 Å². The quantitative estimate of drug-likeness (QED) is 0.103. The van der Waals surface area contributed by atoms with Crippen molar-refractivity contribution < 1.29 is 24.5 Å². The maximum Gasteiger partial charge on any atom is 0.341 e. The molecule has 1 unspecified atom stereocenters. The minimum atomic E-state index is -1.78. The number of hydrogen-bond acceptors (Lipinski definition) is 5. The van der Waals surface area contributed by atoms with E-state index in [2.05, 4.69) is 0 Å². The molecular weight excluding hydrogens is 787 g/mol. The molecule has 0 amide bonds. The molecule has 0 aliphatic carbocycles. The first kappa shape index (κ1) is 24.4. The number of carbonyl (C=O) groups is 1. The van der Waals surface area contributed by atoms with Gasteiger partial charge in [0.15, 0.2) is 22.8 Å². The standard InChI is InChI=1S/C20H4Cl6I2O5/c21-8-4(29)2-1-3-17(8)32-18-7(14(27)13(26)16(30)15(18)28)20(3)6-5(19(31)33-20)9(22)11(24)12(25)10(6)23/h1-2,29-30H. The molecule has 3 aromatic rings. The Kier molecular flexibility index (Phi) is 6.01. The van der Waals surface area contributed by atoms with E-state index >= 15 is 0 Å². The topological polar surface area (TPSA) is 76.0 Å². The van der Waals surface area contributed by atoms with Gasteiger partial charge in [-0.3, -0.25) is 0 Å². The van der Waals surface area contributed by atoms with E-state index in [4.69, 9.17) is 79.1 Å². The van der Waals surface area contributed by atoms with Gasteiger partial charge in [-0.15, -0.1) is 0 Å². The second-order valence-corrected chi connectivity index (χ2v) is 11.4. The molecule has 0 fully saturated rings. The minimum Gasteiger partial charge on any atom is -0.506 e. The van der Waals surface area contributed by atoms with Crippen molar-refractivity contribution in [1.82, 2.24) is 0 Å². The van der Waals surface area contributed by atoms with Crippen molar-refractivity contribution in [1.29, 1.82) is 0 Å². The van der Waals surface area contributed by atoms with Crippen LogP contribution in [0.2, 0.25) is 30.1 Å². The number of phenols is 2. The van der Waals surface area contributed by atoms with Crippen molar-refractivity contribution >= 4 is 121 Å². The van der Waals surface area contributed by atoms with Crippen LogP contribution in [0.15, 0.2) is 12.1 Å². The lowest BCUT2D eigenvalue weighted by Crippen LogP contribution is -2.35. The number of aromatic hydroxyl groups is 2. The van der Waals surface area contributed by atoms with Gasteiger partial charge in [-0.05, 0) is 57.3 Å². The molecule has 3 aromatic carbocycles. The first-order valence-corrected chi connectivity index (χ1v) is 13.1. The lowest BCUT2D eigenvalue weighted by Gasteiger charge is -2.38. The third kappa shape index (κ3) is 3.06. The number of ether oxygens (including phenoxy) is 2. The van der Waals surface area contributed by atoms with E-state index in [0.717, 1.165) is 0 Å². The van der Waals surface area contributed by atoms with Crippen LogP contribution in [0.1, 0.15) is 27.0 Å². The Morgan fingerprint density at radius 1 is 0.758 bits per heavy atom. The molecule has 0 aromatic heterocycles. The van der Waals surface area contributed by atoms with Crippen LogP contribution >= 0.6 is 115 Å². The Morgan fingerprint density at radius 2 is 1.39 bits per heavy atom. The Balaban J connectivity index is 2.07. The lowest BCUT2D eigenvalue weighted by molar-refractivity contribution is 0.0221. The molecule has 0 saturated heterocycles. The first-order chi connectivity index (χ1) is 15.4. The zero-order valence-corrected chi connectivity index (χ0v) is 24.1. The van der Waals surface area contributed by atoms with Crippen LogP contribution in [0.3, 0.4) is 0 Å². The molecule has 0 saturated carbocycles. The van der Waals surface area contributed by atoms with Gasteiger partial charge in [0.05, 0.1) is 39.8 Å². The molecule has 33 heavy (non-hydrogen) atoms. The summed E-state index contributed by atoms with van der Waals surface area (Å²) in [5.41, 5.74) is -1.26. The normalized spacial score (nSPS) is 18.0. The molecule has 13 heteroatoms. The van der Waals surface area contributed by atoms with E-state index in [1.54, 1.807) is 0 Å². The minimum absolute atomic E-state index is 0.00169. The zero-order chi connectivity index (χ0) is 24.1. The van der Waals surface area contributed by atoms with Gasteiger partial charge in [-0.25, -0.2) is 4.79 Å². The van der Waals surface area contributed by atoms with Crippen molar-refractivity contribution in [2.75, 3.05) is 0 Å². The van der Waals surface area contributed by atoms with Gasteiger partial charge in [0.2, 0.25) is 0 Å². The number of carbonyl (C=O) groups excluding carboxylic acids is 1. The Bertz CT molecular complexity index is 1460. The number of fused-ring (bicyclic) bond motifs is 6. The third-order valence-electron chi connectivity index (χ3n) is 5.34. The van der Waals surface area contributed by atoms with Gasteiger partial charge in [0, 0.05) is 14.7 Å². The fourth-order valence-electron chi connectivity index (χ4n) is 3.96. The number of rotatable bonds is 0. The van der Waals surface area contributed by atoms with E-state index in [9.17, 15) is 15.0 Å². The van der Waals surface area contributed by atoms with Crippen LogP contribution < -0.4 is 4.74 Å². The fraction of sp³-hybridized carbons (Fsp3) is 0.0500. The molecule has 2 N–H and O–H groups in total. The molecule has 2 aliphatic heterocycles. The number of halogens is 8. The molecule has 0 bridgehead atoms. The maximum atomic E-state index is 13.2. The van der Waals surface area contributed by atoms with E-state index in [1.807, 2.05) is 45.2 Å². The molecule has 0 radical (unpaired) electrons. The summed E-state index contributed by atoms with van der Waals surface area (Å²) in [7, 11) is 0. The predicted octanol–water partition coefficient (Wildman–Crippen LogP) is 8.80. The summed E-state index contributed by atoms with van der Waals surface area (Å²) < 4.78 is 12.6. The first-order valence-electron chi connectivity index (χ1n) is 8.64. The molecule has 1 atom stereocenters. The molecule has 5 rings (SSSR count). The highest BCUT2D eigenvalue weighted by molar-refractivity contribution is 14.1. The van der Waals surface area contributed by atoms with Crippen molar-refractivity contribution in [3.63, 3.8) is 0 Å². The van der Waals surface area contributed by atoms with Gasteiger partial charge in [-0.2, -0.15) is 0 Å². The number of phenolic OH excluding ortho intramolecular Hbond substituents is 2. The summed E-state index contributed by atoms with van der Waals surface area (Å²) in [6.45, 7) is 0. The van der Waals surface area contributed by atoms with Gasteiger partial charge in [0.25, 0.3) is 0 Å². The Labute approximate surface area is 243 Å². The van der Waals surface area contributed by atoms with Crippen LogP contribution in [0.5, 0.6) is 23.0 Å². The summed E-state index contributed by atoms with van der Waals surface area (Å²) in [5.74, 6) is -1.27. The van der Waals surface area contributed by atoms with Crippen molar-refractivity contribution in [2.24, 2.45) is 0 Å². The molecule has 1 spiro atoms. The third-order valence-corrected chi connectivity index (χ3v) is 10.3. The van der Waals surface area contributed by atoms with Crippen LogP contribution in [0.4, 0.5) is 0 Å². The van der Waals surface area contributed by atoms with Crippen molar-refractivity contribution in [2.45, 2.75) is 5.60 Å². The fourth-order valence-corrected chi connectivity index (χ4v) is 7.10. The largest absolute Gasteiger partial charge is 0.506 e. The monoisotopic (exact) mass is 788 g/mol. The molecule has 5 nitrogen and oxygen atoms in total. The van der Waals surface area contributed by atoms with E-state index < -0.39 is 11.6 Å². The summed E-state index contributed by atoms with van der Waals surface area (Å²) in [6.07, 6.45) is 0. The van der Waals surface area contributed by atoms with E-state index in [-0.39, 0.29) is 79.0 Å². The molecule has 170 valence electrons. The summed E-state index contributed by atoms with van der Waals surface area (Å²) in [6, 6.07) is 2.79. The van der Waals surface area contributed by atoms with E-state index in [1.165, 1.54) is 12.1 Å². The highest BCUT2D eigenvalue weighted by Gasteiger charge is 2.58. The van der Waals surface area contributed by atoms with Gasteiger partial charge in [-0.1, -0.05) is 69.6 Å². The number of esters is 1. The van der Waals surface area contributed by atoms with Crippen LogP contribution in [0.25, 0.3) is 0 Å². The van der Waals surface area contributed by atoms with Crippen LogP contribution in [-0.2, 0) is 10.3 Å². The number of benzene rings is 3. The second-order valence-electron chi connectivity index (χ2n) is 6.95. The van der Waals surface area contributed by atoms with Crippen molar-refractivity contribution in [3.8, 4) is 23.0 Å². The van der Waals surface area contributed by atoms with E-state index in [0.29, 0.717) is 3.57 Å². The maximum absolute atomic E-state index is 13.2. The molecular formula is C20H4Cl6I2O5. The highest BCUT2D eigenvalue weighted by atomic mass is 127. The SMILES string of the molecule is O=C1OC2(c3ccc(O)c(Cl)c3Oc3c(I)c(O)c(Cl)c(I)c32)c2c(Cl)c(Cl)c(Cl)c(Cl)c21. The molecule has 2 heterocycles. The van der Waals surface area contributed by atoms with Crippen molar-refractivity contribution in [3.05, 3.63) is 71.7 Å². The average Bonchev–Trinajstić information content (AvgIpc) is 3.08. The summed E-state index contributed by atoms with van der Waals surface area (Å²) in [5, 5.41) is 20.2. The van der Waals surface area contributed by atoms with Gasteiger partial charge in [0.1, 0.15) is 10.8 Å². The predicted molar refractivity (Wildman–Crippen MR) is 144 cm³/mol. The van der Waals surface area contributed by atoms with Gasteiger partial charge < -0.3 is 19.7 Å². The highest BCUT2D eigenvalue weighted by Crippen LogP contribution is 2.64. The smallest absolute Gasteiger partial charge is 0.341 e. The summed E-state index contributed by atoms with van der Waals surface area (Å²) >= 11 is 42.2. The zero-order valence-electron chi connectivity index (χ0n) is 15.3. The van der Waals surface area contributed by atoms with Crippen LogP contribution in [0, 0.1) is 7.14 Å².